The van der Waals surface area contributed by atoms with E-state index >= 15 is 0 Å². The van der Waals surface area contributed by atoms with Crippen LogP contribution < -0.4 is 10.6 Å². The van der Waals surface area contributed by atoms with Gasteiger partial charge in [0.1, 0.15) is 0 Å². The topological polar surface area (TPSA) is 79.5 Å². The minimum absolute atomic E-state index is 0.543. The summed E-state index contributed by atoms with van der Waals surface area (Å²) in [5.74, 6) is 1.18. The van der Waals surface area contributed by atoms with Gasteiger partial charge in [-0.25, -0.2) is 0 Å². The lowest BCUT2D eigenvalue weighted by Crippen LogP contribution is -2.33. The van der Waals surface area contributed by atoms with Gasteiger partial charge in [0, 0.05) is 48.2 Å². The predicted octanol–water partition coefficient (Wildman–Crippen LogP) is 2.48. The van der Waals surface area contributed by atoms with E-state index in [2.05, 4.69) is 61.5 Å². The van der Waals surface area contributed by atoms with Gasteiger partial charge in [-0.2, -0.15) is 0 Å². The Kier molecular flexibility index (Phi) is 4.21. The Hall–Kier alpha value is -3.29. The molecule has 0 saturated carbocycles. The molecule has 7 nitrogen and oxygen atoms in total. The SMILES string of the molecule is C1=c2c(-c3nnc(CN4CCCOCC4)o3)cc(-c3cccc4[nH]ccc34)cc2=N1. The highest BCUT2D eigenvalue weighted by Crippen LogP contribution is 2.29. The Balaban J connectivity index is 1.37. The second-order valence-corrected chi connectivity index (χ2v) is 7.70. The van der Waals surface area contributed by atoms with E-state index in [1.807, 2.05) is 12.4 Å². The summed E-state index contributed by atoms with van der Waals surface area (Å²) in [5.41, 5.74) is 4.30. The summed E-state index contributed by atoms with van der Waals surface area (Å²) in [5, 5.41) is 11.9. The largest absolute Gasteiger partial charge is 0.419 e. The summed E-state index contributed by atoms with van der Waals surface area (Å²) in [4.78, 5) is 10.0. The minimum atomic E-state index is 0.543. The molecular weight excluding hydrogens is 378 g/mol. The van der Waals surface area contributed by atoms with Crippen LogP contribution in [0.4, 0.5) is 0 Å². The smallest absolute Gasteiger partial charge is 0.248 e. The van der Waals surface area contributed by atoms with Gasteiger partial charge in [-0.15, -0.1) is 10.2 Å². The van der Waals surface area contributed by atoms with Gasteiger partial charge in [0.15, 0.2) is 0 Å². The molecule has 4 aromatic rings. The molecule has 0 atom stereocenters. The van der Waals surface area contributed by atoms with Crippen molar-refractivity contribution in [3.63, 3.8) is 0 Å². The predicted molar refractivity (Wildman–Crippen MR) is 113 cm³/mol. The number of benzene rings is 2. The molecule has 2 aliphatic heterocycles. The van der Waals surface area contributed by atoms with Crippen LogP contribution in [0.3, 0.4) is 0 Å². The van der Waals surface area contributed by atoms with Crippen molar-refractivity contribution >= 4 is 17.1 Å². The van der Waals surface area contributed by atoms with Gasteiger partial charge in [0.2, 0.25) is 11.8 Å². The Morgan fingerprint density at radius 3 is 2.97 bits per heavy atom. The summed E-state index contributed by atoms with van der Waals surface area (Å²) in [6, 6.07) is 12.6. The summed E-state index contributed by atoms with van der Waals surface area (Å²) in [6.07, 6.45) is 4.85. The number of hydrogen-bond donors (Lipinski definition) is 1. The van der Waals surface area contributed by atoms with Crippen LogP contribution in [-0.2, 0) is 11.3 Å². The van der Waals surface area contributed by atoms with Gasteiger partial charge in [-0.3, -0.25) is 9.89 Å². The van der Waals surface area contributed by atoms with Crippen LogP contribution in [0.5, 0.6) is 0 Å². The molecule has 0 unspecified atom stereocenters. The number of hydrogen-bond acceptors (Lipinski definition) is 6. The van der Waals surface area contributed by atoms with Gasteiger partial charge in [0.25, 0.3) is 0 Å². The molecule has 0 radical (unpaired) electrons. The number of ether oxygens (including phenoxy) is 1. The first-order valence-electron chi connectivity index (χ1n) is 10.3. The molecule has 0 amide bonds. The van der Waals surface area contributed by atoms with Crippen LogP contribution in [-0.4, -0.2) is 46.4 Å². The van der Waals surface area contributed by atoms with Crippen LogP contribution in [0, 0.1) is 0 Å². The lowest BCUT2D eigenvalue weighted by molar-refractivity contribution is 0.138. The highest BCUT2D eigenvalue weighted by molar-refractivity contribution is 5.95. The van der Waals surface area contributed by atoms with Crippen molar-refractivity contribution in [3.8, 4) is 22.6 Å². The summed E-state index contributed by atoms with van der Waals surface area (Å²) in [7, 11) is 0. The molecule has 1 N–H and O–H groups in total. The highest BCUT2D eigenvalue weighted by atomic mass is 16.5. The molecule has 0 aliphatic carbocycles. The van der Waals surface area contributed by atoms with E-state index in [0.29, 0.717) is 18.3 Å². The standard InChI is InChI=1S/C23H21N5O2/c1-3-16(17-5-6-24-20(17)4-1)15-11-18(19-13-25-21(19)12-15)23-27-26-22(30-23)14-28-7-2-9-29-10-8-28/h1,3-6,11-13,24H,2,7-10,14H2. The Morgan fingerprint density at radius 2 is 2.03 bits per heavy atom. The zero-order valence-corrected chi connectivity index (χ0v) is 16.5. The quantitative estimate of drug-likeness (QED) is 0.570. The lowest BCUT2D eigenvalue weighted by Gasteiger charge is -2.15. The second-order valence-electron chi connectivity index (χ2n) is 7.70. The van der Waals surface area contributed by atoms with Crippen LogP contribution >= 0.6 is 0 Å². The Labute approximate surface area is 172 Å². The number of aromatic nitrogens is 3. The number of H-pyrrole nitrogens is 1. The van der Waals surface area contributed by atoms with Gasteiger partial charge >= 0.3 is 0 Å². The van der Waals surface area contributed by atoms with E-state index in [-0.39, 0.29) is 0 Å². The van der Waals surface area contributed by atoms with E-state index in [0.717, 1.165) is 65.5 Å². The van der Waals surface area contributed by atoms with Gasteiger partial charge in [0.05, 0.1) is 24.1 Å². The van der Waals surface area contributed by atoms with Gasteiger partial charge in [-0.1, -0.05) is 12.1 Å². The fourth-order valence-electron chi connectivity index (χ4n) is 4.19. The molecule has 6 rings (SSSR count). The molecule has 0 spiro atoms. The number of aromatic amines is 1. The van der Waals surface area contributed by atoms with Crippen LogP contribution in [0.15, 0.2) is 52.0 Å². The molecule has 7 heteroatoms. The third-order valence-corrected chi connectivity index (χ3v) is 5.77. The maximum absolute atomic E-state index is 6.07. The summed E-state index contributed by atoms with van der Waals surface area (Å²) < 4.78 is 11.6. The van der Waals surface area contributed by atoms with E-state index in [9.17, 15) is 0 Å². The normalized spacial score (nSPS) is 16.4. The zero-order chi connectivity index (χ0) is 19.9. The van der Waals surface area contributed by atoms with Crippen molar-refractivity contribution in [1.29, 1.82) is 0 Å². The van der Waals surface area contributed by atoms with Crippen molar-refractivity contribution in [2.75, 3.05) is 26.3 Å². The van der Waals surface area contributed by atoms with E-state index in [1.54, 1.807) is 0 Å². The Bertz CT molecular complexity index is 1350. The number of nitrogens with one attached hydrogen (secondary N) is 1. The fourth-order valence-corrected chi connectivity index (χ4v) is 4.19. The lowest BCUT2D eigenvalue weighted by atomic mass is 9.97. The Morgan fingerprint density at radius 1 is 1.03 bits per heavy atom. The molecule has 0 bridgehead atoms. The molecule has 4 heterocycles. The number of nitrogens with zero attached hydrogens (tertiary/aromatic N) is 4. The van der Waals surface area contributed by atoms with Gasteiger partial charge < -0.3 is 14.1 Å². The third kappa shape index (κ3) is 3.03. The van der Waals surface area contributed by atoms with Crippen molar-refractivity contribution in [3.05, 3.63) is 59.1 Å². The highest BCUT2D eigenvalue weighted by Gasteiger charge is 2.18. The molecular formula is C23H21N5O2. The maximum atomic E-state index is 6.07. The zero-order valence-electron chi connectivity index (χ0n) is 16.5. The molecule has 1 fully saturated rings. The van der Waals surface area contributed by atoms with E-state index in [1.165, 1.54) is 5.39 Å². The number of fused-ring (bicyclic) bond motifs is 2. The van der Waals surface area contributed by atoms with Crippen molar-refractivity contribution in [2.24, 2.45) is 4.99 Å². The van der Waals surface area contributed by atoms with Crippen LogP contribution in [0.2, 0.25) is 0 Å². The fraction of sp³-hybridized carbons (Fsp3) is 0.261. The molecule has 30 heavy (non-hydrogen) atoms. The van der Waals surface area contributed by atoms with Crippen molar-refractivity contribution in [1.82, 2.24) is 20.1 Å². The van der Waals surface area contributed by atoms with Crippen LogP contribution in [0.1, 0.15) is 12.3 Å². The van der Waals surface area contributed by atoms with Gasteiger partial charge in [-0.05, 0) is 41.8 Å². The summed E-state index contributed by atoms with van der Waals surface area (Å²) in [6.45, 7) is 4.08. The first-order chi connectivity index (χ1) is 14.8. The molecule has 1 saturated heterocycles. The number of rotatable bonds is 4. The minimum Gasteiger partial charge on any atom is -0.419 e. The maximum Gasteiger partial charge on any atom is 0.248 e. The van der Waals surface area contributed by atoms with Crippen molar-refractivity contribution in [2.45, 2.75) is 13.0 Å². The second kappa shape index (κ2) is 7.19. The molecule has 150 valence electrons. The monoisotopic (exact) mass is 399 g/mol. The molecule has 2 aromatic carbocycles. The van der Waals surface area contributed by atoms with Crippen molar-refractivity contribution < 1.29 is 9.15 Å². The molecule has 2 aliphatic rings. The summed E-state index contributed by atoms with van der Waals surface area (Å²) >= 11 is 0. The van der Waals surface area contributed by atoms with E-state index in [4.69, 9.17) is 9.15 Å². The first-order valence-corrected chi connectivity index (χ1v) is 10.3. The van der Waals surface area contributed by atoms with Crippen LogP contribution in [0.25, 0.3) is 39.7 Å². The average Bonchev–Trinajstić information content (AvgIpc) is 3.33. The third-order valence-electron chi connectivity index (χ3n) is 5.77. The average molecular weight is 399 g/mol. The van der Waals surface area contributed by atoms with E-state index < -0.39 is 0 Å². The first kappa shape index (κ1) is 17.6. The molecule has 2 aromatic heterocycles.